The summed E-state index contributed by atoms with van der Waals surface area (Å²) in [5, 5.41) is 2.92. The summed E-state index contributed by atoms with van der Waals surface area (Å²) in [7, 11) is 0. The van der Waals surface area contributed by atoms with Crippen molar-refractivity contribution in [1.82, 2.24) is 0 Å². The minimum atomic E-state index is -1.17. The first-order valence-electron chi connectivity index (χ1n) is 6.55. The lowest BCUT2D eigenvalue weighted by Crippen LogP contribution is -2.10. The molecule has 0 amide bonds. The van der Waals surface area contributed by atoms with Crippen molar-refractivity contribution >= 4 is 5.69 Å². The van der Waals surface area contributed by atoms with Gasteiger partial charge in [-0.05, 0) is 30.9 Å². The van der Waals surface area contributed by atoms with Gasteiger partial charge in [-0.25, -0.2) is 13.2 Å². The summed E-state index contributed by atoms with van der Waals surface area (Å²) in [6.07, 6.45) is 1.67. The van der Waals surface area contributed by atoms with E-state index < -0.39 is 17.5 Å². The summed E-state index contributed by atoms with van der Waals surface area (Å²) in [5.74, 6) is -2.99. The van der Waals surface area contributed by atoms with Crippen molar-refractivity contribution in [3.05, 3.63) is 64.5 Å². The van der Waals surface area contributed by atoms with Crippen LogP contribution in [0.5, 0.6) is 0 Å². The zero-order valence-corrected chi connectivity index (χ0v) is 11.0. The third-order valence-electron chi connectivity index (χ3n) is 3.70. The molecule has 0 spiro atoms. The average Bonchev–Trinajstić information content (AvgIpc) is 2.78. The number of halogens is 3. The monoisotopic (exact) mass is 277 g/mol. The van der Waals surface area contributed by atoms with Gasteiger partial charge in [0.25, 0.3) is 0 Å². The fraction of sp³-hybridized carbons (Fsp3) is 0.250. The van der Waals surface area contributed by atoms with Gasteiger partial charge in [0.2, 0.25) is 0 Å². The highest BCUT2D eigenvalue weighted by Crippen LogP contribution is 2.35. The summed E-state index contributed by atoms with van der Waals surface area (Å²) in [6.45, 7) is 1.98. The lowest BCUT2D eigenvalue weighted by molar-refractivity contribution is 0.496. The molecule has 0 aromatic heterocycles. The molecule has 2 aromatic carbocycles. The Bertz CT molecular complexity index is 667. The van der Waals surface area contributed by atoms with Gasteiger partial charge in [-0.15, -0.1) is 0 Å². The standard InChI is InChI=1S/C16H14F3N/c1-9-2-3-10-4-5-14(12(10)6-9)20-15-8-11(17)7-13(18)16(15)19/h2-3,6-8,14,20H,4-5H2,1H3. The molecule has 3 rings (SSSR count). The Hall–Kier alpha value is -1.97. The number of benzene rings is 2. The normalized spacial score (nSPS) is 17.1. The smallest absolute Gasteiger partial charge is 0.182 e. The molecule has 0 saturated heterocycles. The predicted molar refractivity (Wildman–Crippen MR) is 72.2 cm³/mol. The molecule has 0 fully saturated rings. The van der Waals surface area contributed by atoms with E-state index in [1.54, 1.807) is 0 Å². The number of nitrogens with one attached hydrogen (secondary N) is 1. The average molecular weight is 277 g/mol. The molecule has 0 heterocycles. The van der Waals surface area contributed by atoms with E-state index in [-0.39, 0.29) is 11.7 Å². The fourth-order valence-electron chi connectivity index (χ4n) is 2.72. The number of fused-ring (bicyclic) bond motifs is 1. The molecule has 104 valence electrons. The van der Waals surface area contributed by atoms with Crippen LogP contribution in [0.15, 0.2) is 30.3 Å². The summed E-state index contributed by atoms with van der Waals surface area (Å²) in [4.78, 5) is 0. The Labute approximate surface area is 115 Å². The van der Waals surface area contributed by atoms with Crippen molar-refractivity contribution in [1.29, 1.82) is 0 Å². The zero-order chi connectivity index (χ0) is 14.3. The quantitative estimate of drug-likeness (QED) is 0.796. The van der Waals surface area contributed by atoms with Gasteiger partial charge in [0.15, 0.2) is 11.6 Å². The molecule has 2 aromatic rings. The van der Waals surface area contributed by atoms with Gasteiger partial charge in [0.05, 0.1) is 11.7 Å². The molecule has 0 saturated carbocycles. The minimum absolute atomic E-state index is 0.111. The molecule has 1 aliphatic rings. The van der Waals surface area contributed by atoms with Gasteiger partial charge in [-0.2, -0.15) is 0 Å². The third kappa shape index (κ3) is 2.26. The molecule has 1 unspecified atom stereocenters. The molecule has 0 radical (unpaired) electrons. The van der Waals surface area contributed by atoms with E-state index >= 15 is 0 Å². The highest BCUT2D eigenvalue weighted by molar-refractivity contribution is 5.50. The van der Waals surface area contributed by atoms with Crippen molar-refractivity contribution in [2.45, 2.75) is 25.8 Å². The van der Waals surface area contributed by atoms with Gasteiger partial charge in [-0.3, -0.25) is 0 Å². The molecule has 1 nitrogen and oxygen atoms in total. The van der Waals surface area contributed by atoms with Crippen LogP contribution < -0.4 is 5.32 Å². The number of hydrogen-bond donors (Lipinski definition) is 1. The van der Waals surface area contributed by atoms with E-state index in [1.807, 2.05) is 19.1 Å². The maximum absolute atomic E-state index is 13.7. The van der Waals surface area contributed by atoms with Crippen molar-refractivity contribution in [3.63, 3.8) is 0 Å². The van der Waals surface area contributed by atoms with Crippen LogP contribution >= 0.6 is 0 Å². The molecule has 0 bridgehead atoms. The summed E-state index contributed by atoms with van der Waals surface area (Å²) < 4.78 is 40.1. The molecular formula is C16H14F3N. The summed E-state index contributed by atoms with van der Waals surface area (Å²) in [6, 6.07) is 7.55. The van der Waals surface area contributed by atoms with E-state index in [0.29, 0.717) is 6.07 Å². The van der Waals surface area contributed by atoms with E-state index in [9.17, 15) is 13.2 Å². The van der Waals surface area contributed by atoms with Gasteiger partial charge in [0.1, 0.15) is 5.82 Å². The van der Waals surface area contributed by atoms with Crippen molar-refractivity contribution in [2.75, 3.05) is 5.32 Å². The van der Waals surface area contributed by atoms with E-state index in [2.05, 4.69) is 11.4 Å². The maximum Gasteiger partial charge on any atom is 0.182 e. The Morgan fingerprint density at radius 2 is 1.90 bits per heavy atom. The van der Waals surface area contributed by atoms with Crippen LogP contribution in [-0.2, 0) is 6.42 Å². The number of hydrogen-bond acceptors (Lipinski definition) is 1. The van der Waals surface area contributed by atoms with Crippen LogP contribution in [0.25, 0.3) is 0 Å². The maximum atomic E-state index is 13.7. The second-order valence-corrected chi connectivity index (χ2v) is 5.19. The lowest BCUT2D eigenvalue weighted by atomic mass is 10.0. The van der Waals surface area contributed by atoms with E-state index in [4.69, 9.17) is 0 Å². The first-order valence-corrected chi connectivity index (χ1v) is 6.55. The third-order valence-corrected chi connectivity index (χ3v) is 3.70. The number of anilines is 1. The first-order chi connectivity index (χ1) is 9.54. The Morgan fingerprint density at radius 3 is 2.70 bits per heavy atom. The SMILES string of the molecule is Cc1ccc2c(c1)C(Nc1cc(F)cc(F)c1F)CC2. The number of rotatable bonds is 2. The first kappa shape index (κ1) is 13.0. The minimum Gasteiger partial charge on any atom is -0.376 e. The predicted octanol–water partition coefficient (Wildman–Crippen LogP) is 4.51. The lowest BCUT2D eigenvalue weighted by Gasteiger charge is -2.17. The molecule has 1 N–H and O–H groups in total. The fourth-order valence-corrected chi connectivity index (χ4v) is 2.72. The molecule has 1 atom stereocenters. The van der Waals surface area contributed by atoms with Crippen molar-refractivity contribution in [2.24, 2.45) is 0 Å². The van der Waals surface area contributed by atoms with Gasteiger partial charge >= 0.3 is 0 Å². The van der Waals surface area contributed by atoms with Gasteiger partial charge in [-0.1, -0.05) is 23.8 Å². The number of aryl methyl sites for hydroxylation is 2. The van der Waals surface area contributed by atoms with Crippen molar-refractivity contribution in [3.8, 4) is 0 Å². The van der Waals surface area contributed by atoms with Gasteiger partial charge in [0, 0.05) is 12.1 Å². The highest BCUT2D eigenvalue weighted by Gasteiger charge is 2.24. The Kier molecular flexibility index (Phi) is 3.16. The Balaban J connectivity index is 1.93. The van der Waals surface area contributed by atoms with Crippen LogP contribution in [0, 0.1) is 24.4 Å². The van der Waals surface area contributed by atoms with Crippen LogP contribution in [0.3, 0.4) is 0 Å². The van der Waals surface area contributed by atoms with E-state index in [1.165, 1.54) is 5.56 Å². The Morgan fingerprint density at radius 1 is 1.10 bits per heavy atom. The summed E-state index contributed by atoms with van der Waals surface area (Å²) >= 11 is 0. The van der Waals surface area contributed by atoms with Crippen molar-refractivity contribution < 1.29 is 13.2 Å². The molecule has 4 heteroatoms. The zero-order valence-electron chi connectivity index (χ0n) is 11.0. The van der Waals surface area contributed by atoms with Gasteiger partial charge < -0.3 is 5.32 Å². The largest absolute Gasteiger partial charge is 0.376 e. The highest BCUT2D eigenvalue weighted by atomic mass is 19.2. The van der Waals surface area contributed by atoms with Crippen LogP contribution in [0.1, 0.15) is 29.2 Å². The van der Waals surface area contributed by atoms with Crippen LogP contribution in [0.4, 0.5) is 18.9 Å². The van der Waals surface area contributed by atoms with Crippen LogP contribution in [-0.4, -0.2) is 0 Å². The summed E-state index contributed by atoms with van der Waals surface area (Å²) in [5.41, 5.74) is 3.27. The van der Waals surface area contributed by atoms with E-state index in [0.717, 1.165) is 30.0 Å². The van der Waals surface area contributed by atoms with Crippen LogP contribution in [0.2, 0.25) is 0 Å². The second-order valence-electron chi connectivity index (χ2n) is 5.19. The molecular weight excluding hydrogens is 263 g/mol. The molecule has 1 aliphatic carbocycles. The molecule has 0 aliphatic heterocycles. The topological polar surface area (TPSA) is 12.0 Å². The second kappa shape index (κ2) is 4.85. The molecule has 20 heavy (non-hydrogen) atoms.